The lowest BCUT2D eigenvalue weighted by molar-refractivity contribution is -0.134. The normalized spacial score (nSPS) is 19.1. The molecule has 2 amide bonds. The van der Waals surface area contributed by atoms with Crippen molar-refractivity contribution in [3.8, 4) is 0 Å². The van der Waals surface area contributed by atoms with Gasteiger partial charge in [0, 0.05) is 39.1 Å². The Kier molecular flexibility index (Phi) is 6.45. The monoisotopic (exact) mass is 343 g/mol. The van der Waals surface area contributed by atoms with Gasteiger partial charge in [0.05, 0.1) is 6.54 Å². The number of hydrogen-bond donors (Lipinski definition) is 1. The molecule has 2 fully saturated rings. The molecule has 0 spiro atoms. The summed E-state index contributed by atoms with van der Waals surface area (Å²) in [4.78, 5) is 28.6. The van der Waals surface area contributed by atoms with Crippen molar-refractivity contribution in [3.05, 3.63) is 35.9 Å². The molecular weight excluding hydrogens is 314 g/mol. The van der Waals surface area contributed by atoms with E-state index >= 15 is 0 Å². The molecule has 1 N–H and O–H groups in total. The standard InChI is InChI=1S/C20H29N3O2/c24-19(21-15-18-8-2-1-3-9-18)16-22-10-12-23(13-11-22)20(25)14-17-6-4-5-7-17/h1-3,8-9,17H,4-7,10-16H2,(H,21,24). The Balaban J connectivity index is 1.34. The van der Waals surface area contributed by atoms with E-state index in [0.29, 0.717) is 24.9 Å². The second kappa shape index (κ2) is 8.99. The Morgan fingerprint density at radius 3 is 2.36 bits per heavy atom. The molecule has 136 valence electrons. The summed E-state index contributed by atoms with van der Waals surface area (Å²) in [6.07, 6.45) is 5.71. The van der Waals surface area contributed by atoms with Gasteiger partial charge < -0.3 is 10.2 Å². The average Bonchev–Trinajstić information content (AvgIpc) is 3.14. The predicted octanol–water partition coefficient (Wildman–Crippen LogP) is 2.03. The van der Waals surface area contributed by atoms with E-state index in [1.807, 2.05) is 35.2 Å². The van der Waals surface area contributed by atoms with Crippen LogP contribution < -0.4 is 5.32 Å². The summed E-state index contributed by atoms with van der Waals surface area (Å²) in [6.45, 7) is 4.05. The summed E-state index contributed by atoms with van der Waals surface area (Å²) in [5, 5.41) is 2.97. The quantitative estimate of drug-likeness (QED) is 0.860. The molecule has 5 heteroatoms. The molecule has 1 aromatic carbocycles. The number of amides is 2. The van der Waals surface area contributed by atoms with E-state index < -0.39 is 0 Å². The van der Waals surface area contributed by atoms with Crippen LogP contribution in [0.5, 0.6) is 0 Å². The van der Waals surface area contributed by atoms with Gasteiger partial charge in [-0.1, -0.05) is 43.2 Å². The Morgan fingerprint density at radius 1 is 1.00 bits per heavy atom. The molecule has 1 saturated carbocycles. The highest BCUT2D eigenvalue weighted by Gasteiger charge is 2.25. The van der Waals surface area contributed by atoms with Crippen molar-refractivity contribution in [3.63, 3.8) is 0 Å². The maximum absolute atomic E-state index is 12.4. The highest BCUT2D eigenvalue weighted by Crippen LogP contribution is 2.28. The number of benzene rings is 1. The first kappa shape index (κ1) is 17.9. The lowest BCUT2D eigenvalue weighted by atomic mass is 10.0. The van der Waals surface area contributed by atoms with Crippen LogP contribution in [-0.2, 0) is 16.1 Å². The van der Waals surface area contributed by atoms with Gasteiger partial charge in [-0.2, -0.15) is 0 Å². The highest BCUT2D eigenvalue weighted by molar-refractivity contribution is 5.78. The summed E-state index contributed by atoms with van der Waals surface area (Å²) in [5.41, 5.74) is 1.11. The van der Waals surface area contributed by atoms with Crippen LogP contribution in [-0.4, -0.2) is 54.3 Å². The third-order valence-corrected chi connectivity index (χ3v) is 5.36. The largest absolute Gasteiger partial charge is 0.351 e. The number of carbonyl (C=O) groups is 2. The molecule has 1 saturated heterocycles. The minimum atomic E-state index is 0.0505. The maximum atomic E-state index is 12.4. The highest BCUT2D eigenvalue weighted by atomic mass is 16.2. The van der Waals surface area contributed by atoms with Crippen LogP contribution in [0.25, 0.3) is 0 Å². The van der Waals surface area contributed by atoms with Gasteiger partial charge in [-0.3, -0.25) is 14.5 Å². The van der Waals surface area contributed by atoms with Gasteiger partial charge in [0.15, 0.2) is 0 Å². The Bertz CT molecular complexity index is 562. The van der Waals surface area contributed by atoms with Crippen molar-refractivity contribution in [1.29, 1.82) is 0 Å². The fourth-order valence-corrected chi connectivity index (χ4v) is 3.80. The fraction of sp³-hybridized carbons (Fsp3) is 0.600. The van der Waals surface area contributed by atoms with E-state index in [-0.39, 0.29) is 5.91 Å². The summed E-state index contributed by atoms with van der Waals surface area (Å²) in [6, 6.07) is 9.94. The van der Waals surface area contributed by atoms with Crippen LogP contribution in [0.3, 0.4) is 0 Å². The van der Waals surface area contributed by atoms with Gasteiger partial charge >= 0.3 is 0 Å². The van der Waals surface area contributed by atoms with E-state index in [2.05, 4.69) is 10.2 Å². The Labute approximate surface area is 150 Å². The molecule has 1 heterocycles. The van der Waals surface area contributed by atoms with Crippen molar-refractivity contribution in [2.45, 2.75) is 38.6 Å². The maximum Gasteiger partial charge on any atom is 0.234 e. The minimum Gasteiger partial charge on any atom is -0.351 e. The van der Waals surface area contributed by atoms with E-state index in [1.165, 1.54) is 25.7 Å². The molecule has 1 aromatic rings. The lowest BCUT2D eigenvalue weighted by Gasteiger charge is -2.34. The van der Waals surface area contributed by atoms with Crippen LogP contribution >= 0.6 is 0 Å². The van der Waals surface area contributed by atoms with Gasteiger partial charge in [0.2, 0.25) is 11.8 Å². The molecule has 2 aliphatic rings. The number of nitrogens with zero attached hydrogens (tertiary/aromatic N) is 2. The topological polar surface area (TPSA) is 52.7 Å². The molecule has 5 nitrogen and oxygen atoms in total. The van der Waals surface area contributed by atoms with Crippen LogP contribution in [0, 0.1) is 5.92 Å². The van der Waals surface area contributed by atoms with Gasteiger partial charge in [0.25, 0.3) is 0 Å². The van der Waals surface area contributed by atoms with Crippen molar-refractivity contribution in [1.82, 2.24) is 15.1 Å². The molecule has 1 aliphatic heterocycles. The van der Waals surface area contributed by atoms with Gasteiger partial charge in [-0.05, 0) is 24.3 Å². The summed E-state index contributed by atoms with van der Waals surface area (Å²) in [7, 11) is 0. The van der Waals surface area contributed by atoms with Crippen LogP contribution in [0.1, 0.15) is 37.7 Å². The van der Waals surface area contributed by atoms with Gasteiger partial charge in [-0.25, -0.2) is 0 Å². The molecule has 0 unspecified atom stereocenters. The molecule has 0 aromatic heterocycles. The second-order valence-corrected chi connectivity index (χ2v) is 7.27. The molecule has 0 bridgehead atoms. The van der Waals surface area contributed by atoms with Crippen molar-refractivity contribution >= 4 is 11.8 Å². The number of hydrogen-bond acceptors (Lipinski definition) is 3. The number of piperazine rings is 1. The zero-order valence-corrected chi connectivity index (χ0v) is 15.0. The molecule has 3 rings (SSSR count). The summed E-state index contributed by atoms with van der Waals surface area (Å²) < 4.78 is 0. The first-order valence-electron chi connectivity index (χ1n) is 9.51. The van der Waals surface area contributed by atoms with Crippen molar-refractivity contribution in [2.24, 2.45) is 5.92 Å². The SMILES string of the molecule is O=C(CN1CCN(C(=O)CC2CCCC2)CC1)NCc1ccccc1. The first-order chi connectivity index (χ1) is 12.2. The van der Waals surface area contributed by atoms with E-state index in [4.69, 9.17) is 0 Å². The van der Waals surface area contributed by atoms with E-state index in [1.54, 1.807) is 0 Å². The van der Waals surface area contributed by atoms with Crippen molar-refractivity contribution < 1.29 is 9.59 Å². The Hall–Kier alpha value is -1.88. The summed E-state index contributed by atoms with van der Waals surface area (Å²) >= 11 is 0. The van der Waals surface area contributed by atoms with E-state index in [0.717, 1.165) is 38.2 Å². The molecular formula is C20H29N3O2. The second-order valence-electron chi connectivity index (χ2n) is 7.27. The summed E-state index contributed by atoms with van der Waals surface area (Å²) in [5.74, 6) is 0.962. The number of rotatable bonds is 6. The fourth-order valence-electron chi connectivity index (χ4n) is 3.80. The molecule has 0 atom stereocenters. The first-order valence-corrected chi connectivity index (χ1v) is 9.51. The van der Waals surface area contributed by atoms with E-state index in [9.17, 15) is 9.59 Å². The third kappa shape index (κ3) is 5.56. The van der Waals surface area contributed by atoms with Crippen LogP contribution in [0.2, 0.25) is 0 Å². The average molecular weight is 343 g/mol. The number of nitrogens with one attached hydrogen (secondary N) is 1. The Morgan fingerprint density at radius 2 is 1.68 bits per heavy atom. The molecule has 0 radical (unpaired) electrons. The minimum absolute atomic E-state index is 0.0505. The van der Waals surface area contributed by atoms with Gasteiger partial charge in [-0.15, -0.1) is 0 Å². The molecule has 1 aliphatic carbocycles. The van der Waals surface area contributed by atoms with Crippen LogP contribution in [0.4, 0.5) is 0 Å². The zero-order valence-electron chi connectivity index (χ0n) is 15.0. The van der Waals surface area contributed by atoms with Crippen LogP contribution in [0.15, 0.2) is 30.3 Å². The predicted molar refractivity (Wildman–Crippen MR) is 97.9 cm³/mol. The zero-order chi connectivity index (χ0) is 17.5. The van der Waals surface area contributed by atoms with Crippen molar-refractivity contribution in [2.75, 3.05) is 32.7 Å². The lowest BCUT2D eigenvalue weighted by Crippen LogP contribution is -2.51. The molecule has 25 heavy (non-hydrogen) atoms. The van der Waals surface area contributed by atoms with Gasteiger partial charge in [0.1, 0.15) is 0 Å². The third-order valence-electron chi connectivity index (χ3n) is 5.36. The smallest absolute Gasteiger partial charge is 0.234 e. The number of carbonyl (C=O) groups excluding carboxylic acids is 2.